The van der Waals surface area contributed by atoms with E-state index in [0.717, 1.165) is 44.4 Å². The predicted molar refractivity (Wildman–Crippen MR) is 110 cm³/mol. The lowest BCUT2D eigenvalue weighted by molar-refractivity contribution is -0.122. The Balaban J connectivity index is 0.00000288. The van der Waals surface area contributed by atoms with Crippen LogP contribution >= 0.6 is 24.0 Å². The van der Waals surface area contributed by atoms with Gasteiger partial charge >= 0.3 is 0 Å². The van der Waals surface area contributed by atoms with Crippen LogP contribution < -0.4 is 16.0 Å². The fourth-order valence-corrected chi connectivity index (χ4v) is 3.29. The van der Waals surface area contributed by atoms with Gasteiger partial charge in [0.15, 0.2) is 5.96 Å². The number of nitrogens with zero attached hydrogens (tertiary/aromatic N) is 2. The highest BCUT2D eigenvalue weighted by molar-refractivity contribution is 14.0. The van der Waals surface area contributed by atoms with Crippen LogP contribution in [-0.2, 0) is 4.79 Å². The summed E-state index contributed by atoms with van der Waals surface area (Å²) in [5.41, 5.74) is 0. The average Bonchev–Trinajstić information content (AvgIpc) is 3.27. The van der Waals surface area contributed by atoms with Crippen molar-refractivity contribution in [2.75, 3.05) is 33.2 Å². The monoisotopic (exact) mass is 451 g/mol. The second-order valence-corrected chi connectivity index (χ2v) is 6.73. The molecule has 1 heterocycles. The third kappa shape index (κ3) is 7.13. The minimum absolute atomic E-state index is 0. The number of amides is 1. The van der Waals surface area contributed by atoms with Crippen molar-refractivity contribution in [2.24, 2.45) is 10.9 Å². The van der Waals surface area contributed by atoms with E-state index in [0.29, 0.717) is 18.6 Å². The molecule has 2 rings (SSSR count). The minimum Gasteiger partial charge on any atom is -0.358 e. The van der Waals surface area contributed by atoms with Gasteiger partial charge in [0, 0.05) is 38.8 Å². The number of carbonyl (C=O) groups is 1. The van der Waals surface area contributed by atoms with Gasteiger partial charge in [0.1, 0.15) is 0 Å². The molecule has 140 valence electrons. The number of nitrogens with one attached hydrogen (secondary N) is 3. The number of likely N-dealkylation sites (N-methyl/N-ethyl adjacent to an activating group) is 1. The van der Waals surface area contributed by atoms with Crippen molar-refractivity contribution in [2.45, 2.75) is 58.0 Å². The first-order valence-corrected chi connectivity index (χ1v) is 9.16. The molecular formula is C17H34IN5O. The van der Waals surface area contributed by atoms with E-state index in [1.165, 1.54) is 19.3 Å². The van der Waals surface area contributed by atoms with Crippen molar-refractivity contribution in [3.8, 4) is 0 Å². The lowest BCUT2D eigenvalue weighted by Gasteiger charge is -2.32. The zero-order valence-electron chi connectivity index (χ0n) is 15.3. The van der Waals surface area contributed by atoms with E-state index in [2.05, 4.69) is 39.7 Å². The SMILES string of the molecule is CCCC1CC1NC(=NCC)NC1CCN(CC(=O)NC)CC1.I. The predicted octanol–water partition coefficient (Wildman–Crippen LogP) is 1.56. The first-order chi connectivity index (χ1) is 11.2. The molecule has 2 unspecified atom stereocenters. The first-order valence-electron chi connectivity index (χ1n) is 9.16. The summed E-state index contributed by atoms with van der Waals surface area (Å²) >= 11 is 0. The lowest BCUT2D eigenvalue weighted by Crippen LogP contribution is -2.50. The van der Waals surface area contributed by atoms with Crippen molar-refractivity contribution < 1.29 is 4.79 Å². The van der Waals surface area contributed by atoms with Gasteiger partial charge in [-0.05, 0) is 38.5 Å². The Morgan fingerprint density at radius 3 is 2.50 bits per heavy atom. The lowest BCUT2D eigenvalue weighted by atomic mass is 10.1. The molecule has 2 aliphatic rings. The standard InChI is InChI=1S/C17H33N5O.HI/c1-4-6-13-11-15(13)21-17(19-5-2)20-14-7-9-22(10-8-14)12-16(23)18-3;/h13-15H,4-12H2,1-3H3,(H,18,23)(H2,19,20,21);1H. The number of hydrogen-bond acceptors (Lipinski definition) is 3. The summed E-state index contributed by atoms with van der Waals surface area (Å²) in [6, 6.07) is 1.07. The van der Waals surface area contributed by atoms with Crippen molar-refractivity contribution in [1.82, 2.24) is 20.9 Å². The molecule has 2 fully saturated rings. The zero-order valence-corrected chi connectivity index (χ0v) is 17.6. The van der Waals surface area contributed by atoms with E-state index in [-0.39, 0.29) is 29.9 Å². The molecule has 0 aromatic heterocycles. The van der Waals surface area contributed by atoms with Gasteiger partial charge in [0.05, 0.1) is 6.54 Å². The van der Waals surface area contributed by atoms with Crippen LogP contribution in [0.15, 0.2) is 4.99 Å². The van der Waals surface area contributed by atoms with Crippen LogP contribution in [0.4, 0.5) is 0 Å². The summed E-state index contributed by atoms with van der Waals surface area (Å²) in [6.07, 6.45) is 5.98. The molecule has 24 heavy (non-hydrogen) atoms. The maximum atomic E-state index is 11.4. The molecule has 3 N–H and O–H groups in total. The van der Waals surface area contributed by atoms with Crippen molar-refractivity contribution in [1.29, 1.82) is 0 Å². The van der Waals surface area contributed by atoms with Crippen LogP contribution in [-0.4, -0.2) is 62.1 Å². The highest BCUT2D eigenvalue weighted by atomic mass is 127. The molecule has 0 radical (unpaired) electrons. The number of aliphatic imine (C=N–C) groups is 1. The van der Waals surface area contributed by atoms with E-state index in [1.807, 2.05) is 0 Å². The van der Waals surface area contributed by atoms with E-state index in [4.69, 9.17) is 0 Å². The molecule has 1 aliphatic carbocycles. The Bertz CT molecular complexity index is 410. The quantitative estimate of drug-likeness (QED) is 0.312. The van der Waals surface area contributed by atoms with Gasteiger partial charge < -0.3 is 16.0 Å². The molecule has 0 spiro atoms. The zero-order chi connectivity index (χ0) is 16.7. The Kier molecular flexibility index (Phi) is 9.95. The van der Waals surface area contributed by atoms with Crippen LogP contribution in [0, 0.1) is 5.92 Å². The molecule has 0 aromatic carbocycles. The maximum Gasteiger partial charge on any atom is 0.233 e. The van der Waals surface area contributed by atoms with Crippen LogP contribution in [0.3, 0.4) is 0 Å². The molecule has 1 saturated carbocycles. The van der Waals surface area contributed by atoms with E-state index >= 15 is 0 Å². The Morgan fingerprint density at radius 2 is 1.92 bits per heavy atom. The Morgan fingerprint density at radius 1 is 1.21 bits per heavy atom. The van der Waals surface area contributed by atoms with Crippen LogP contribution in [0.5, 0.6) is 0 Å². The third-order valence-electron chi connectivity index (χ3n) is 4.79. The van der Waals surface area contributed by atoms with Crippen LogP contribution in [0.2, 0.25) is 0 Å². The van der Waals surface area contributed by atoms with Gasteiger partial charge in [0.2, 0.25) is 5.91 Å². The second-order valence-electron chi connectivity index (χ2n) is 6.73. The number of rotatable bonds is 7. The van der Waals surface area contributed by atoms with E-state index in [9.17, 15) is 4.79 Å². The van der Waals surface area contributed by atoms with Gasteiger partial charge in [-0.1, -0.05) is 13.3 Å². The van der Waals surface area contributed by atoms with Gasteiger partial charge in [-0.25, -0.2) is 0 Å². The fourth-order valence-electron chi connectivity index (χ4n) is 3.29. The third-order valence-corrected chi connectivity index (χ3v) is 4.79. The van der Waals surface area contributed by atoms with E-state index < -0.39 is 0 Å². The fraction of sp³-hybridized carbons (Fsp3) is 0.882. The summed E-state index contributed by atoms with van der Waals surface area (Å²) in [4.78, 5) is 18.3. The number of hydrogen-bond donors (Lipinski definition) is 3. The summed E-state index contributed by atoms with van der Waals surface area (Å²) in [5, 5.41) is 9.87. The number of likely N-dealkylation sites (tertiary alicyclic amines) is 1. The summed E-state index contributed by atoms with van der Waals surface area (Å²) < 4.78 is 0. The number of guanidine groups is 1. The topological polar surface area (TPSA) is 68.8 Å². The van der Waals surface area contributed by atoms with Crippen LogP contribution in [0.1, 0.15) is 46.0 Å². The highest BCUT2D eigenvalue weighted by Crippen LogP contribution is 2.34. The highest BCUT2D eigenvalue weighted by Gasteiger charge is 2.36. The summed E-state index contributed by atoms with van der Waals surface area (Å²) in [5.74, 6) is 1.90. The van der Waals surface area contributed by atoms with Crippen molar-refractivity contribution in [3.05, 3.63) is 0 Å². The molecule has 7 heteroatoms. The Hall–Kier alpha value is -0.570. The largest absolute Gasteiger partial charge is 0.358 e. The number of halogens is 1. The second kappa shape index (κ2) is 11.1. The summed E-state index contributed by atoms with van der Waals surface area (Å²) in [7, 11) is 1.69. The maximum absolute atomic E-state index is 11.4. The molecule has 1 aliphatic heterocycles. The van der Waals surface area contributed by atoms with Gasteiger partial charge in [-0.3, -0.25) is 14.7 Å². The molecule has 1 amide bonds. The molecule has 0 aromatic rings. The smallest absolute Gasteiger partial charge is 0.233 e. The van der Waals surface area contributed by atoms with E-state index in [1.54, 1.807) is 7.05 Å². The molecule has 1 saturated heterocycles. The normalized spacial score (nSPS) is 24.9. The molecule has 6 nitrogen and oxygen atoms in total. The van der Waals surface area contributed by atoms with Crippen molar-refractivity contribution >= 4 is 35.8 Å². The molecule has 0 bridgehead atoms. The number of piperidine rings is 1. The van der Waals surface area contributed by atoms with Gasteiger partial charge in [0.25, 0.3) is 0 Å². The Labute approximate surface area is 163 Å². The van der Waals surface area contributed by atoms with Crippen LogP contribution in [0.25, 0.3) is 0 Å². The number of carbonyl (C=O) groups excluding carboxylic acids is 1. The molecule has 2 atom stereocenters. The van der Waals surface area contributed by atoms with Gasteiger partial charge in [-0.2, -0.15) is 0 Å². The first kappa shape index (κ1) is 21.5. The average molecular weight is 451 g/mol. The van der Waals surface area contributed by atoms with Crippen molar-refractivity contribution in [3.63, 3.8) is 0 Å². The minimum atomic E-state index is 0. The summed E-state index contributed by atoms with van der Waals surface area (Å²) in [6.45, 7) is 7.57. The molecular weight excluding hydrogens is 417 g/mol. The van der Waals surface area contributed by atoms with Gasteiger partial charge in [-0.15, -0.1) is 24.0 Å².